The number of nitrogens with zero attached hydrogens (tertiary/aromatic N) is 1. The van der Waals surface area contributed by atoms with Crippen molar-refractivity contribution in [3.05, 3.63) is 60.3 Å². The minimum absolute atomic E-state index is 0.399. The van der Waals surface area contributed by atoms with Gasteiger partial charge in [-0.05, 0) is 31.9 Å². The maximum Gasteiger partial charge on any atom is 0.107 e. The Bertz CT molecular complexity index is 444. The van der Waals surface area contributed by atoms with E-state index in [1.165, 1.54) is 0 Å². The molecule has 5 nitrogen and oxygen atoms in total. The second kappa shape index (κ2) is 11.5. The Morgan fingerprint density at radius 1 is 1.24 bits per heavy atom. The van der Waals surface area contributed by atoms with E-state index < -0.39 is 0 Å². The topological polar surface area (TPSA) is 74.5 Å². The Balaban J connectivity index is 5.22. The number of rotatable bonds is 11. The average Bonchev–Trinajstić information content (AvgIpc) is 2.50. The van der Waals surface area contributed by atoms with Crippen molar-refractivity contribution in [2.24, 2.45) is 10.7 Å². The Labute approximate surface area is 128 Å². The molecule has 0 aliphatic heterocycles. The highest BCUT2D eigenvalue weighted by Crippen LogP contribution is 2.03. The number of likely N-dealkylation sites (N-methyl/N-ethyl adjacent to an activating group) is 1. The van der Waals surface area contributed by atoms with Crippen LogP contribution in [-0.4, -0.2) is 33.4 Å². The summed E-state index contributed by atoms with van der Waals surface area (Å²) in [5.41, 5.74) is 8.41. The minimum atomic E-state index is 0.399. The van der Waals surface area contributed by atoms with Crippen LogP contribution in [0.5, 0.6) is 0 Å². The Hall–Kier alpha value is -2.27. The van der Waals surface area contributed by atoms with Crippen molar-refractivity contribution in [1.82, 2.24) is 16.0 Å². The molecule has 0 aromatic carbocycles. The predicted molar refractivity (Wildman–Crippen MR) is 92.9 cm³/mol. The zero-order valence-electron chi connectivity index (χ0n) is 13.1. The van der Waals surface area contributed by atoms with Crippen molar-refractivity contribution in [2.45, 2.75) is 6.92 Å². The number of nitrogens with one attached hydrogen (secondary N) is 3. The Morgan fingerprint density at radius 3 is 2.38 bits per heavy atom. The van der Waals surface area contributed by atoms with Crippen LogP contribution in [0.3, 0.4) is 0 Å². The van der Waals surface area contributed by atoms with E-state index in [9.17, 15) is 0 Å². The highest BCUT2D eigenvalue weighted by atomic mass is 15.1. The summed E-state index contributed by atoms with van der Waals surface area (Å²) in [7, 11) is 1.82. The van der Waals surface area contributed by atoms with Gasteiger partial charge in [0.1, 0.15) is 5.82 Å². The third kappa shape index (κ3) is 7.17. The van der Waals surface area contributed by atoms with Gasteiger partial charge in [-0.3, -0.25) is 4.99 Å². The summed E-state index contributed by atoms with van der Waals surface area (Å²) in [5, 5.41) is 9.54. The van der Waals surface area contributed by atoms with Gasteiger partial charge in [-0.2, -0.15) is 0 Å². The lowest BCUT2D eigenvalue weighted by Gasteiger charge is -2.14. The van der Waals surface area contributed by atoms with Crippen molar-refractivity contribution >= 4 is 6.72 Å². The van der Waals surface area contributed by atoms with E-state index in [2.05, 4.69) is 40.8 Å². The van der Waals surface area contributed by atoms with Crippen LogP contribution in [0, 0.1) is 0 Å². The summed E-state index contributed by atoms with van der Waals surface area (Å²) in [6, 6.07) is 0. The molecule has 0 radical (unpaired) electrons. The molecule has 5 heteroatoms. The van der Waals surface area contributed by atoms with E-state index >= 15 is 0 Å². The SMILES string of the molecule is C=C/C(CN)=C(\NC)N/C(C=C)=C/C=C(\CN=C)NCC. The van der Waals surface area contributed by atoms with Gasteiger partial charge in [-0.15, -0.1) is 0 Å². The Kier molecular flexibility index (Phi) is 10.3. The fourth-order valence-electron chi connectivity index (χ4n) is 1.60. The fourth-order valence-corrected chi connectivity index (χ4v) is 1.60. The first kappa shape index (κ1) is 18.7. The molecule has 116 valence electrons. The molecule has 0 aliphatic carbocycles. The van der Waals surface area contributed by atoms with Crippen LogP contribution in [0.2, 0.25) is 0 Å². The smallest absolute Gasteiger partial charge is 0.107 e. The molecule has 0 unspecified atom stereocenters. The number of hydrogen-bond donors (Lipinski definition) is 4. The van der Waals surface area contributed by atoms with Gasteiger partial charge < -0.3 is 21.7 Å². The summed E-state index contributed by atoms with van der Waals surface area (Å²) < 4.78 is 0. The summed E-state index contributed by atoms with van der Waals surface area (Å²) >= 11 is 0. The van der Waals surface area contributed by atoms with E-state index in [1.807, 2.05) is 26.1 Å². The van der Waals surface area contributed by atoms with Crippen LogP contribution in [0.25, 0.3) is 0 Å². The predicted octanol–water partition coefficient (Wildman–Crippen LogP) is 1.42. The summed E-state index contributed by atoms with van der Waals surface area (Å²) in [4.78, 5) is 3.88. The van der Waals surface area contributed by atoms with Crippen molar-refractivity contribution in [2.75, 3.05) is 26.7 Å². The van der Waals surface area contributed by atoms with Gasteiger partial charge in [0.25, 0.3) is 0 Å². The van der Waals surface area contributed by atoms with E-state index in [0.29, 0.717) is 13.1 Å². The van der Waals surface area contributed by atoms with Crippen LogP contribution in [0.15, 0.2) is 65.2 Å². The van der Waals surface area contributed by atoms with Gasteiger partial charge in [0.05, 0.1) is 6.54 Å². The molecule has 5 N–H and O–H groups in total. The maximum atomic E-state index is 5.68. The molecular formula is C16H27N5. The van der Waals surface area contributed by atoms with Gasteiger partial charge in [0.2, 0.25) is 0 Å². The number of nitrogens with two attached hydrogens (primary N) is 1. The monoisotopic (exact) mass is 289 g/mol. The van der Waals surface area contributed by atoms with E-state index in [-0.39, 0.29) is 0 Å². The normalized spacial score (nSPS) is 13.1. The van der Waals surface area contributed by atoms with Gasteiger partial charge in [0, 0.05) is 37.1 Å². The second-order valence-corrected chi connectivity index (χ2v) is 4.11. The lowest BCUT2D eigenvalue weighted by atomic mass is 10.2. The molecule has 21 heavy (non-hydrogen) atoms. The summed E-state index contributed by atoms with van der Waals surface area (Å²) in [5.74, 6) is 0.805. The summed E-state index contributed by atoms with van der Waals surface area (Å²) in [6.07, 6.45) is 7.33. The molecule has 0 atom stereocenters. The Morgan fingerprint density at radius 2 is 1.95 bits per heavy atom. The lowest BCUT2D eigenvalue weighted by Crippen LogP contribution is -2.26. The van der Waals surface area contributed by atoms with Crippen LogP contribution in [0.1, 0.15) is 6.92 Å². The van der Waals surface area contributed by atoms with Crippen LogP contribution >= 0.6 is 0 Å². The summed E-state index contributed by atoms with van der Waals surface area (Å²) in [6.45, 7) is 14.9. The standard InChI is InChI=1S/C16H27N5/c1-6-13(11-17)16(19-5)21-14(7-2)9-10-15(12-18-4)20-8-3/h6-7,9-10,19-21H,1-2,4,8,11-12,17H2,3,5H3/b14-9+,15-10+,16-13-. The molecule has 0 spiro atoms. The largest absolute Gasteiger partial charge is 0.387 e. The van der Waals surface area contributed by atoms with Crippen LogP contribution < -0.4 is 21.7 Å². The molecule has 0 rings (SSSR count). The molecule has 0 aromatic rings. The molecule has 0 saturated carbocycles. The quantitative estimate of drug-likeness (QED) is 0.343. The number of hydrogen-bond acceptors (Lipinski definition) is 5. The fraction of sp³-hybridized carbons (Fsp3) is 0.312. The zero-order chi connectivity index (χ0) is 16.1. The van der Waals surface area contributed by atoms with Gasteiger partial charge in [0.15, 0.2) is 0 Å². The van der Waals surface area contributed by atoms with E-state index in [4.69, 9.17) is 5.73 Å². The molecule has 0 saturated heterocycles. The third-order valence-corrected chi connectivity index (χ3v) is 2.68. The molecule has 0 heterocycles. The van der Waals surface area contributed by atoms with Crippen LogP contribution in [-0.2, 0) is 0 Å². The van der Waals surface area contributed by atoms with Gasteiger partial charge >= 0.3 is 0 Å². The highest BCUT2D eigenvalue weighted by Gasteiger charge is 2.01. The van der Waals surface area contributed by atoms with Crippen LogP contribution in [0.4, 0.5) is 0 Å². The number of allylic oxidation sites excluding steroid dienone is 3. The van der Waals surface area contributed by atoms with Gasteiger partial charge in [-0.25, -0.2) is 0 Å². The second-order valence-electron chi connectivity index (χ2n) is 4.11. The maximum absolute atomic E-state index is 5.68. The van der Waals surface area contributed by atoms with E-state index in [1.54, 1.807) is 12.2 Å². The molecule has 0 fully saturated rings. The molecule has 0 aromatic heterocycles. The van der Waals surface area contributed by atoms with Crippen molar-refractivity contribution in [3.8, 4) is 0 Å². The first-order chi connectivity index (χ1) is 10.2. The first-order valence-electron chi connectivity index (χ1n) is 6.86. The average molecular weight is 289 g/mol. The molecule has 0 amide bonds. The van der Waals surface area contributed by atoms with Gasteiger partial charge in [-0.1, -0.05) is 19.2 Å². The van der Waals surface area contributed by atoms with Crippen molar-refractivity contribution in [1.29, 1.82) is 0 Å². The lowest BCUT2D eigenvalue weighted by molar-refractivity contribution is 0.817. The van der Waals surface area contributed by atoms with Crippen molar-refractivity contribution < 1.29 is 0 Å². The van der Waals surface area contributed by atoms with Crippen molar-refractivity contribution in [3.63, 3.8) is 0 Å². The third-order valence-electron chi connectivity index (χ3n) is 2.68. The number of aliphatic imine (C=N–C) groups is 1. The first-order valence-corrected chi connectivity index (χ1v) is 6.86. The molecule has 0 aliphatic rings. The highest BCUT2D eigenvalue weighted by molar-refractivity contribution is 5.31. The zero-order valence-corrected chi connectivity index (χ0v) is 13.1. The molecular weight excluding hydrogens is 262 g/mol. The molecule has 0 bridgehead atoms. The minimum Gasteiger partial charge on any atom is -0.387 e. The van der Waals surface area contributed by atoms with E-state index in [0.717, 1.165) is 29.3 Å².